The summed E-state index contributed by atoms with van der Waals surface area (Å²) in [6.07, 6.45) is 6.42. The van der Waals surface area contributed by atoms with E-state index in [-0.39, 0.29) is 0 Å². The van der Waals surface area contributed by atoms with Gasteiger partial charge in [0, 0.05) is 31.0 Å². The van der Waals surface area contributed by atoms with Gasteiger partial charge in [-0.15, -0.1) is 0 Å². The van der Waals surface area contributed by atoms with Gasteiger partial charge in [0.1, 0.15) is 0 Å². The second-order valence-corrected chi connectivity index (χ2v) is 3.64. The van der Waals surface area contributed by atoms with Crippen molar-refractivity contribution in [3.05, 3.63) is 42.6 Å². The van der Waals surface area contributed by atoms with E-state index < -0.39 is 6.10 Å². The van der Waals surface area contributed by atoms with E-state index in [1.54, 1.807) is 23.4 Å². The van der Waals surface area contributed by atoms with Crippen LogP contribution < -0.4 is 5.32 Å². The molecule has 2 heterocycles. The first-order valence-electron chi connectivity index (χ1n) is 5.22. The van der Waals surface area contributed by atoms with E-state index in [0.717, 1.165) is 5.56 Å². The summed E-state index contributed by atoms with van der Waals surface area (Å²) in [5, 5.41) is 16.9. The largest absolute Gasteiger partial charge is 0.472 e. The Morgan fingerprint density at radius 1 is 1.56 bits per heavy atom. The van der Waals surface area contributed by atoms with Crippen molar-refractivity contribution < 1.29 is 9.52 Å². The van der Waals surface area contributed by atoms with E-state index in [4.69, 9.17) is 4.42 Å². The summed E-state index contributed by atoms with van der Waals surface area (Å²) in [5.41, 5.74) is 1.08. The first kappa shape index (κ1) is 10.9. The molecule has 16 heavy (non-hydrogen) atoms. The summed E-state index contributed by atoms with van der Waals surface area (Å²) in [6, 6.07) is 3.73. The Kier molecular flexibility index (Phi) is 3.74. The highest BCUT2D eigenvalue weighted by Gasteiger charge is 2.04. The van der Waals surface area contributed by atoms with Crippen molar-refractivity contribution in [2.75, 3.05) is 6.54 Å². The fraction of sp³-hybridized carbons (Fsp3) is 0.364. The van der Waals surface area contributed by atoms with Crippen LogP contribution in [0.5, 0.6) is 0 Å². The van der Waals surface area contributed by atoms with Crippen molar-refractivity contribution in [3.63, 3.8) is 0 Å². The molecule has 1 unspecified atom stereocenters. The summed E-state index contributed by atoms with van der Waals surface area (Å²) in [4.78, 5) is 0. The van der Waals surface area contributed by atoms with Crippen LogP contribution in [0.25, 0.3) is 0 Å². The molecular formula is C11H15N3O2. The van der Waals surface area contributed by atoms with Gasteiger partial charge in [-0.25, -0.2) is 0 Å². The van der Waals surface area contributed by atoms with Gasteiger partial charge in [-0.05, 0) is 12.1 Å². The Morgan fingerprint density at radius 2 is 2.50 bits per heavy atom. The molecule has 0 aliphatic heterocycles. The molecule has 0 amide bonds. The minimum Gasteiger partial charge on any atom is -0.472 e. The highest BCUT2D eigenvalue weighted by Crippen LogP contribution is 1.98. The average Bonchev–Trinajstić information content (AvgIpc) is 2.90. The lowest BCUT2D eigenvalue weighted by Gasteiger charge is -2.11. The van der Waals surface area contributed by atoms with Crippen molar-refractivity contribution in [3.8, 4) is 0 Å². The first-order valence-corrected chi connectivity index (χ1v) is 5.22. The van der Waals surface area contributed by atoms with Crippen molar-refractivity contribution in [2.24, 2.45) is 0 Å². The van der Waals surface area contributed by atoms with E-state index >= 15 is 0 Å². The van der Waals surface area contributed by atoms with Gasteiger partial charge >= 0.3 is 0 Å². The quantitative estimate of drug-likeness (QED) is 0.751. The predicted molar refractivity (Wildman–Crippen MR) is 58.6 cm³/mol. The molecular weight excluding hydrogens is 206 g/mol. The van der Waals surface area contributed by atoms with Crippen LogP contribution in [0.2, 0.25) is 0 Å². The van der Waals surface area contributed by atoms with Gasteiger partial charge in [0.15, 0.2) is 0 Å². The van der Waals surface area contributed by atoms with Crippen molar-refractivity contribution in [1.82, 2.24) is 15.1 Å². The van der Waals surface area contributed by atoms with E-state index in [2.05, 4.69) is 10.4 Å². The molecule has 0 saturated carbocycles. The number of aliphatic hydroxyl groups is 1. The molecule has 2 N–H and O–H groups in total. The first-order chi connectivity index (χ1) is 7.84. The van der Waals surface area contributed by atoms with Crippen LogP contribution in [0.1, 0.15) is 5.56 Å². The smallest absolute Gasteiger partial charge is 0.0947 e. The minimum absolute atomic E-state index is 0.438. The third kappa shape index (κ3) is 3.22. The topological polar surface area (TPSA) is 63.2 Å². The maximum Gasteiger partial charge on any atom is 0.0947 e. The molecule has 2 aromatic rings. The zero-order chi connectivity index (χ0) is 11.2. The lowest BCUT2D eigenvalue weighted by Crippen LogP contribution is -2.30. The SMILES string of the molecule is OC(CNCc1ccoc1)Cn1cccn1. The third-order valence-electron chi connectivity index (χ3n) is 2.25. The zero-order valence-electron chi connectivity index (χ0n) is 8.91. The molecule has 0 radical (unpaired) electrons. The number of hydrogen-bond donors (Lipinski definition) is 2. The number of nitrogens with one attached hydrogen (secondary N) is 1. The Morgan fingerprint density at radius 3 is 3.19 bits per heavy atom. The van der Waals surface area contributed by atoms with Crippen LogP contribution in [-0.4, -0.2) is 27.5 Å². The summed E-state index contributed by atoms with van der Waals surface area (Å²) in [5.74, 6) is 0. The van der Waals surface area contributed by atoms with Crippen LogP contribution in [0, 0.1) is 0 Å². The van der Waals surface area contributed by atoms with Crippen LogP contribution >= 0.6 is 0 Å². The van der Waals surface area contributed by atoms with Crippen molar-refractivity contribution >= 4 is 0 Å². The molecule has 0 saturated heterocycles. The maximum atomic E-state index is 9.70. The maximum absolute atomic E-state index is 9.70. The highest BCUT2D eigenvalue weighted by molar-refractivity contribution is 5.04. The van der Waals surface area contributed by atoms with Crippen LogP contribution in [0.4, 0.5) is 0 Å². The Bertz CT molecular complexity index is 383. The summed E-state index contributed by atoms with van der Waals surface area (Å²) < 4.78 is 6.65. The Balaban J connectivity index is 1.66. The average molecular weight is 221 g/mol. The van der Waals surface area contributed by atoms with Crippen molar-refractivity contribution in [1.29, 1.82) is 0 Å². The molecule has 0 aliphatic rings. The molecule has 0 fully saturated rings. The molecule has 5 nitrogen and oxygen atoms in total. The second kappa shape index (κ2) is 5.48. The molecule has 1 atom stereocenters. The van der Waals surface area contributed by atoms with Crippen LogP contribution in [-0.2, 0) is 13.1 Å². The number of furan rings is 1. The zero-order valence-corrected chi connectivity index (χ0v) is 8.91. The van der Waals surface area contributed by atoms with E-state index in [1.165, 1.54) is 0 Å². The second-order valence-electron chi connectivity index (χ2n) is 3.64. The van der Waals surface area contributed by atoms with Gasteiger partial charge in [0.2, 0.25) is 0 Å². The molecule has 0 spiro atoms. The van der Waals surface area contributed by atoms with Gasteiger partial charge in [-0.1, -0.05) is 0 Å². The predicted octanol–water partition coefficient (Wildman–Crippen LogP) is 0.627. The van der Waals surface area contributed by atoms with Gasteiger partial charge in [-0.3, -0.25) is 4.68 Å². The van der Waals surface area contributed by atoms with Gasteiger partial charge < -0.3 is 14.8 Å². The molecule has 0 aliphatic carbocycles. The summed E-state index contributed by atoms with van der Waals surface area (Å²) in [7, 11) is 0. The summed E-state index contributed by atoms with van der Waals surface area (Å²) in [6.45, 7) is 1.74. The van der Waals surface area contributed by atoms with Crippen LogP contribution in [0.15, 0.2) is 41.5 Å². The Hall–Kier alpha value is -1.59. The van der Waals surface area contributed by atoms with Gasteiger partial charge in [0.25, 0.3) is 0 Å². The third-order valence-corrected chi connectivity index (χ3v) is 2.25. The van der Waals surface area contributed by atoms with Gasteiger partial charge in [-0.2, -0.15) is 5.10 Å². The Labute approximate surface area is 93.7 Å². The molecule has 0 aromatic carbocycles. The highest BCUT2D eigenvalue weighted by atomic mass is 16.3. The van der Waals surface area contributed by atoms with Crippen molar-refractivity contribution in [2.45, 2.75) is 19.2 Å². The minimum atomic E-state index is -0.438. The molecule has 86 valence electrons. The lowest BCUT2D eigenvalue weighted by atomic mass is 10.3. The lowest BCUT2D eigenvalue weighted by molar-refractivity contribution is 0.146. The molecule has 0 bridgehead atoms. The monoisotopic (exact) mass is 221 g/mol. The number of hydrogen-bond acceptors (Lipinski definition) is 4. The number of aromatic nitrogens is 2. The number of nitrogens with zero attached hydrogens (tertiary/aromatic N) is 2. The molecule has 2 rings (SSSR count). The van der Waals surface area contributed by atoms with Crippen LogP contribution in [0.3, 0.4) is 0 Å². The fourth-order valence-electron chi connectivity index (χ4n) is 1.47. The van der Waals surface area contributed by atoms with E-state index in [9.17, 15) is 5.11 Å². The number of aliphatic hydroxyl groups excluding tert-OH is 1. The normalized spacial score (nSPS) is 12.8. The molecule has 2 aromatic heterocycles. The fourth-order valence-corrected chi connectivity index (χ4v) is 1.47. The van der Waals surface area contributed by atoms with E-state index in [1.807, 2.05) is 18.3 Å². The standard InChI is InChI=1S/C11H15N3O2/c15-11(8-14-4-1-3-13-14)7-12-6-10-2-5-16-9-10/h1-5,9,11-12,15H,6-8H2. The van der Waals surface area contributed by atoms with Gasteiger partial charge in [0.05, 0.1) is 25.2 Å². The number of rotatable bonds is 6. The van der Waals surface area contributed by atoms with E-state index in [0.29, 0.717) is 19.6 Å². The molecule has 5 heteroatoms. The summed E-state index contributed by atoms with van der Waals surface area (Å²) >= 11 is 0.